The van der Waals surface area contributed by atoms with Gasteiger partial charge in [0.15, 0.2) is 5.16 Å². The molecule has 0 saturated heterocycles. The van der Waals surface area contributed by atoms with Crippen molar-refractivity contribution in [1.82, 2.24) is 15.0 Å². The lowest BCUT2D eigenvalue weighted by molar-refractivity contribution is -0.113. The molecule has 0 bridgehead atoms. The normalized spacial score (nSPS) is 10.9. The summed E-state index contributed by atoms with van der Waals surface area (Å²) in [6.07, 6.45) is 1.79. The van der Waals surface area contributed by atoms with Gasteiger partial charge in [-0.2, -0.15) is 0 Å². The number of fused-ring (bicyclic) bond motifs is 1. The molecule has 2 N–H and O–H groups in total. The van der Waals surface area contributed by atoms with Gasteiger partial charge in [-0.15, -0.1) is 11.8 Å². The number of amides is 1. The highest BCUT2D eigenvalue weighted by Gasteiger charge is 2.08. The van der Waals surface area contributed by atoms with Crippen molar-refractivity contribution in [1.29, 1.82) is 0 Å². The van der Waals surface area contributed by atoms with Gasteiger partial charge in [-0.3, -0.25) is 4.79 Å². The van der Waals surface area contributed by atoms with Crippen LogP contribution < -0.4 is 5.32 Å². The molecule has 0 aliphatic rings. The van der Waals surface area contributed by atoms with E-state index in [4.69, 9.17) is 0 Å². The summed E-state index contributed by atoms with van der Waals surface area (Å²) in [7, 11) is 0. The van der Waals surface area contributed by atoms with Gasteiger partial charge in [-0.05, 0) is 42.0 Å². The Hall–Kier alpha value is -2.77. The van der Waals surface area contributed by atoms with E-state index >= 15 is 0 Å². The average molecular weight is 407 g/mol. The Balaban J connectivity index is 1.31. The molecule has 0 atom stereocenters. The van der Waals surface area contributed by atoms with Gasteiger partial charge in [-0.1, -0.05) is 42.1 Å². The first kappa shape index (κ1) is 18.6. The number of carbonyl (C=O) groups excluding carboxylic acids is 1. The van der Waals surface area contributed by atoms with E-state index in [1.807, 2.05) is 60.7 Å². The van der Waals surface area contributed by atoms with E-state index in [1.165, 1.54) is 11.8 Å². The van der Waals surface area contributed by atoms with E-state index in [0.717, 1.165) is 38.2 Å². The number of pyridine rings is 1. The van der Waals surface area contributed by atoms with Crippen molar-refractivity contribution in [3.05, 3.63) is 78.5 Å². The zero-order valence-electron chi connectivity index (χ0n) is 15.0. The summed E-state index contributed by atoms with van der Waals surface area (Å²) in [5.74, 6) is 1.04. The van der Waals surface area contributed by atoms with Crippen LogP contribution in [0.4, 0.5) is 5.69 Å². The van der Waals surface area contributed by atoms with Crippen LogP contribution in [0.5, 0.6) is 0 Å². The van der Waals surface area contributed by atoms with Crippen LogP contribution in [0.1, 0.15) is 5.56 Å². The highest BCUT2D eigenvalue weighted by molar-refractivity contribution is 7.99. The van der Waals surface area contributed by atoms with Crippen molar-refractivity contribution < 1.29 is 4.79 Å². The van der Waals surface area contributed by atoms with Crippen LogP contribution in [0, 0.1) is 0 Å². The Labute approximate surface area is 171 Å². The molecule has 0 spiro atoms. The highest BCUT2D eigenvalue weighted by atomic mass is 32.2. The van der Waals surface area contributed by atoms with Gasteiger partial charge in [0.25, 0.3) is 0 Å². The van der Waals surface area contributed by atoms with Crippen molar-refractivity contribution in [3.8, 4) is 0 Å². The molecule has 0 radical (unpaired) electrons. The molecule has 1 amide bonds. The van der Waals surface area contributed by atoms with E-state index in [2.05, 4.69) is 26.3 Å². The first-order valence-electron chi connectivity index (χ1n) is 8.76. The molecule has 2 heterocycles. The second kappa shape index (κ2) is 8.95. The summed E-state index contributed by atoms with van der Waals surface area (Å²) < 4.78 is 0. The maximum atomic E-state index is 12.3. The summed E-state index contributed by atoms with van der Waals surface area (Å²) >= 11 is 3.06. The van der Waals surface area contributed by atoms with Crippen molar-refractivity contribution >= 4 is 46.2 Å². The van der Waals surface area contributed by atoms with E-state index in [-0.39, 0.29) is 5.91 Å². The third kappa shape index (κ3) is 4.94. The van der Waals surface area contributed by atoms with Gasteiger partial charge < -0.3 is 10.3 Å². The molecule has 28 heavy (non-hydrogen) atoms. The number of para-hydroxylation sites is 2. The monoisotopic (exact) mass is 406 g/mol. The second-order valence-corrected chi connectivity index (χ2v) is 8.01. The number of carbonyl (C=O) groups is 1. The lowest BCUT2D eigenvalue weighted by atomic mass is 10.2. The van der Waals surface area contributed by atoms with E-state index < -0.39 is 0 Å². The summed E-state index contributed by atoms with van der Waals surface area (Å²) in [4.78, 5) is 24.3. The number of hydrogen-bond acceptors (Lipinski definition) is 5. The van der Waals surface area contributed by atoms with E-state index in [1.54, 1.807) is 18.0 Å². The van der Waals surface area contributed by atoms with Crippen LogP contribution in [0.3, 0.4) is 0 Å². The number of nitrogens with zero attached hydrogens (tertiary/aromatic N) is 2. The van der Waals surface area contributed by atoms with Crippen LogP contribution in [0.15, 0.2) is 83.1 Å². The number of hydrogen-bond donors (Lipinski definition) is 2. The Morgan fingerprint density at radius 1 is 1.00 bits per heavy atom. The smallest absolute Gasteiger partial charge is 0.234 e. The molecular weight excluding hydrogens is 388 g/mol. The number of H-pyrrole nitrogens is 1. The zero-order chi connectivity index (χ0) is 19.2. The maximum absolute atomic E-state index is 12.3. The van der Waals surface area contributed by atoms with Gasteiger partial charge >= 0.3 is 0 Å². The SMILES string of the molecule is O=C(CSc1nc2ccccc2[nH]1)Nc1cccc(CSc2ccccn2)c1. The lowest BCUT2D eigenvalue weighted by Crippen LogP contribution is -2.14. The molecule has 0 aliphatic heterocycles. The Morgan fingerprint density at radius 3 is 2.75 bits per heavy atom. The van der Waals surface area contributed by atoms with E-state index in [9.17, 15) is 4.79 Å². The first-order chi connectivity index (χ1) is 13.8. The minimum atomic E-state index is -0.0556. The average Bonchev–Trinajstić information content (AvgIpc) is 3.15. The summed E-state index contributed by atoms with van der Waals surface area (Å²) in [5, 5.41) is 4.69. The molecule has 0 aliphatic carbocycles. The minimum absolute atomic E-state index is 0.0556. The number of benzene rings is 2. The third-order valence-corrected chi connectivity index (χ3v) is 5.83. The predicted octanol–water partition coefficient (Wildman–Crippen LogP) is 4.98. The molecule has 0 fully saturated rings. The lowest BCUT2D eigenvalue weighted by Gasteiger charge is -2.07. The summed E-state index contributed by atoms with van der Waals surface area (Å²) in [5.41, 5.74) is 3.82. The van der Waals surface area contributed by atoms with Crippen LogP contribution in [0.2, 0.25) is 0 Å². The number of nitrogens with one attached hydrogen (secondary N) is 2. The van der Waals surface area contributed by atoms with Crippen molar-refractivity contribution in [2.75, 3.05) is 11.1 Å². The largest absolute Gasteiger partial charge is 0.333 e. The van der Waals surface area contributed by atoms with E-state index in [0.29, 0.717) is 5.75 Å². The number of imidazole rings is 1. The fraction of sp³-hybridized carbons (Fsp3) is 0.0952. The van der Waals surface area contributed by atoms with Gasteiger partial charge in [0.1, 0.15) is 0 Å². The second-order valence-electron chi connectivity index (χ2n) is 6.05. The third-order valence-electron chi connectivity index (χ3n) is 3.94. The summed E-state index contributed by atoms with van der Waals surface area (Å²) in [6.45, 7) is 0. The minimum Gasteiger partial charge on any atom is -0.333 e. The first-order valence-corrected chi connectivity index (χ1v) is 10.7. The van der Waals surface area contributed by atoms with Gasteiger partial charge in [0, 0.05) is 17.6 Å². The molecule has 7 heteroatoms. The summed E-state index contributed by atoms with van der Waals surface area (Å²) in [6, 6.07) is 21.6. The zero-order valence-corrected chi connectivity index (χ0v) is 16.6. The molecule has 4 rings (SSSR count). The number of aromatic amines is 1. The molecule has 0 unspecified atom stereocenters. The number of aromatic nitrogens is 3. The number of thioether (sulfide) groups is 2. The molecule has 4 aromatic rings. The van der Waals surface area contributed by atoms with Crippen LogP contribution in [0.25, 0.3) is 11.0 Å². The van der Waals surface area contributed by atoms with Crippen LogP contribution in [-0.4, -0.2) is 26.6 Å². The quantitative estimate of drug-likeness (QED) is 0.424. The fourth-order valence-electron chi connectivity index (χ4n) is 2.66. The topological polar surface area (TPSA) is 70.7 Å². The van der Waals surface area contributed by atoms with Crippen molar-refractivity contribution in [3.63, 3.8) is 0 Å². The van der Waals surface area contributed by atoms with Crippen LogP contribution in [-0.2, 0) is 10.5 Å². The van der Waals surface area contributed by atoms with Gasteiger partial charge in [0.05, 0.1) is 21.8 Å². The molecular formula is C21H18N4OS2. The fourth-order valence-corrected chi connectivity index (χ4v) is 4.15. The Kier molecular flexibility index (Phi) is 5.94. The Morgan fingerprint density at radius 2 is 1.89 bits per heavy atom. The molecule has 2 aromatic heterocycles. The molecule has 2 aromatic carbocycles. The predicted molar refractivity (Wildman–Crippen MR) is 116 cm³/mol. The standard InChI is InChI=1S/C21H18N4OS2/c26-19(14-28-21-24-17-8-1-2-9-18(17)25-21)23-16-7-5-6-15(12-16)13-27-20-10-3-4-11-22-20/h1-12H,13-14H2,(H,23,26)(H,24,25). The molecule has 0 saturated carbocycles. The van der Waals surface area contributed by atoms with Gasteiger partial charge in [0.2, 0.25) is 5.91 Å². The number of anilines is 1. The maximum Gasteiger partial charge on any atom is 0.234 e. The highest BCUT2D eigenvalue weighted by Crippen LogP contribution is 2.23. The van der Waals surface area contributed by atoms with Crippen LogP contribution >= 0.6 is 23.5 Å². The molecule has 5 nitrogen and oxygen atoms in total. The number of rotatable bonds is 7. The van der Waals surface area contributed by atoms with Crippen molar-refractivity contribution in [2.45, 2.75) is 15.9 Å². The Bertz CT molecular complexity index is 1050. The van der Waals surface area contributed by atoms with Gasteiger partial charge in [-0.25, -0.2) is 9.97 Å². The van der Waals surface area contributed by atoms with Crippen molar-refractivity contribution in [2.24, 2.45) is 0 Å². The molecule has 140 valence electrons.